The van der Waals surface area contributed by atoms with Crippen molar-refractivity contribution in [2.24, 2.45) is 0 Å². The minimum atomic E-state index is -1.20. The van der Waals surface area contributed by atoms with Crippen molar-refractivity contribution in [1.29, 1.82) is 0 Å². The highest BCUT2D eigenvalue weighted by Gasteiger charge is 2.39. The molecule has 0 aliphatic carbocycles. The third kappa shape index (κ3) is 4.28. The first-order valence-corrected chi connectivity index (χ1v) is 11.9. The van der Waals surface area contributed by atoms with Gasteiger partial charge in [0.15, 0.2) is 9.04 Å². The van der Waals surface area contributed by atoms with Crippen molar-refractivity contribution < 1.29 is 4.43 Å². The molecule has 0 heterocycles. The molecule has 0 spiro atoms. The van der Waals surface area contributed by atoms with Crippen molar-refractivity contribution in [2.75, 3.05) is 0 Å². The van der Waals surface area contributed by atoms with Crippen LogP contribution in [-0.4, -0.2) is 22.3 Å². The molecule has 0 aliphatic heterocycles. The number of unbranched alkanes of at least 4 members (excludes halogenated alkanes) is 1. The highest BCUT2D eigenvalue weighted by molar-refractivity contribution is 6.80. The normalized spacial score (nSPS) is 13.7. The molecule has 0 N–H and O–H groups in total. The summed E-state index contributed by atoms with van der Waals surface area (Å²) in [5.74, 6) is 0. The van der Waals surface area contributed by atoms with Gasteiger partial charge in [0.1, 0.15) is 0 Å². The first-order chi connectivity index (χ1) is 6.23. The second kappa shape index (κ2) is 5.47. The van der Waals surface area contributed by atoms with Crippen LogP contribution in [0.4, 0.5) is 0 Å². The molecule has 0 fully saturated rings. The van der Waals surface area contributed by atoms with E-state index in [0.717, 1.165) is 0 Å². The first-order valence-electron chi connectivity index (χ1n) is 5.91. The summed E-state index contributed by atoms with van der Waals surface area (Å²) < 4.78 is 6.20. The van der Waals surface area contributed by atoms with E-state index >= 15 is 0 Å². The molecule has 0 aliphatic rings. The van der Waals surface area contributed by atoms with Crippen molar-refractivity contribution in [3.63, 3.8) is 0 Å². The fourth-order valence-corrected chi connectivity index (χ4v) is 6.67. The lowest BCUT2D eigenvalue weighted by Gasteiger charge is -2.41. The Morgan fingerprint density at radius 2 is 1.71 bits per heavy atom. The van der Waals surface area contributed by atoms with Gasteiger partial charge in [-0.2, -0.15) is 0 Å². The van der Waals surface area contributed by atoms with Gasteiger partial charge >= 0.3 is 0 Å². The minimum absolute atomic E-state index is 0.169. The van der Waals surface area contributed by atoms with Gasteiger partial charge in [0, 0.05) is 5.22 Å². The second-order valence-corrected chi connectivity index (χ2v) is 13.5. The van der Waals surface area contributed by atoms with Crippen LogP contribution in [0, 0.1) is 0 Å². The van der Waals surface area contributed by atoms with E-state index in [-0.39, 0.29) is 5.22 Å². The molecule has 0 aromatic heterocycles. The highest BCUT2D eigenvalue weighted by atomic mass is 28.3. The molecule has 0 bridgehead atoms. The van der Waals surface area contributed by atoms with Crippen molar-refractivity contribution in [1.82, 2.24) is 0 Å². The van der Waals surface area contributed by atoms with E-state index in [2.05, 4.69) is 47.0 Å². The van der Waals surface area contributed by atoms with Gasteiger partial charge in [0.25, 0.3) is 0 Å². The summed E-state index contributed by atoms with van der Waals surface area (Å²) in [4.78, 5) is 0. The Morgan fingerprint density at radius 1 is 1.21 bits per heavy atom. The molecule has 0 unspecified atom stereocenters. The summed E-state index contributed by atoms with van der Waals surface area (Å²) in [6.45, 7) is 16.4. The molecule has 0 saturated heterocycles. The lowest BCUT2D eigenvalue weighted by Crippen LogP contribution is -2.53. The average molecular weight is 233 g/mol. The quantitative estimate of drug-likeness (QED) is 0.633. The molecule has 0 radical (unpaired) electrons. The molecule has 86 valence electrons. The zero-order valence-corrected chi connectivity index (χ0v) is 13.3. The largest absolute Gasteiger partial charge is 0.418 e. The fourth-order valence-electron chi connectivity index (χ4n) is 1.67. The van der Waals surface area contributed by atoms with E-state index in [4.69, 9.17) is 4.43 Å². The van der Waals surface area contributed by atoms with E-state index in [1.54, 1.807) is 0 Å². The number of rotatable bonds is 6. The van der Waals surface area contributed by atoms with Crippen molar-refractivity contribution in [2.45, 2.75) is 71.1 Å². The van der Waals surface area contributed by atoms with Gasteiger partial charge in [-0.1, -0.05) is 38.9 Å². The summed E-state index contributed by atoms with van der Waals surface area (Å²) in [5.41, 5.74) is 0. The van der Waals surface area contributed by atoms with Crippen LogP contribution in [0.15, 0.2) is 0 Å². The van der Waals surface area contributed by atoms with Gasteiger partial charge in [-0.15, -0.1) is 0 Å². The van der Waals surface area contributed by atoms with Crippen molar-refractivity contribution in [3.8, 4) is 0 Å². The van der Waals surface area contributed by atoms with Crippen LogP contribution < -0.4 is 0 Å². The Bertz CT molecular complexity index is 165. The van der Waals surface area contributed by atoms with Crippen LogP contribution in [0.3, 0.4) is 0 Å². The molecule has 0 saturated carbocycles. The van der Waals surface area contributed by atoms with Crippen molar-refractivity contribution in [3.05, 3.63) is 0 Å². The van der Waals surface area contributed by atoms with Gasteiger partial charge in [-0.25, -0.2) is 0 Å². The third-order valence-electron chi connectivity index (χ3n) is 3.32. The van der Waals surface area contributed by atoms with Gasteiger partial charge in [0.2, 0.25) is 0 Å². The van der Waals surface area contributed by atoms with E-state index in [9.17, 15) is 0 Å². The van der Waals surface area contributed by atoms with Crippen molar-refractivity contribution >= 4 is 17.1 Å². The standard InChI is InChI=1S/C11H28OSi2/c1-8-9-10-14(6,7)11(2,3)12-13(4)5/h13H,8-10H2,1-7H3. The highest BCUT2D eigenvalue weighted by Crippen LogP contribution is 2.30. The lowest BCUT2D eigenvalue weighted by atomic mass is 10.4. The van der Waals surface area contributed by atoms with Crippen LogP contribution in [0.5, 0.6) is 0 Å². The molecule has 0 atom stereocenters. The summed E-state index contributed by atoms with van der Waals surface area (Å²) >= 11 is 0. The molecule has 1 nitrogen and oxygen atoms in total. The summed E-state index contributed by atoms with van der Waals surface area (Å²) in [6.07, 6.45) is 2.68. The van der Waals surface area contributed by atoms with Crippen LogP contribution in [-0.2, 0) is 4.43 Å². The van der Waals surface area contributed by atoms with Gasteiger partial charge in [-0.05, 0) is 26.9 Å². The Morgan fingerprint density at radius 3 is 2.07 bits per heavy atom. The maximum absolute atomic E-state index is 6.20. The number of hydrogen-bond acceptors (Lipinski definition) is 1. The number of hydrogen-bond donors (Lipinski definition) is 0. The van der Waals surface area contributed by atoms with Crippen LogP contribution in [0.2, 0.25) is 32.2 Å². The van der Waals surface area contributed by atoms with Crippen LogP contribution in [0.1, 0.15) is 33.6 Å². The fraction of sp³-hybridized carbons (Fsp3) is 1.00. The Hall–Kier alpha value is 0.394. The second-order valence-electron chi connectivity index (χ2n) is 5.66. The Kier molecular flexibility index (Phi) is 5.62. The summed E-state index contributed by atoms with van der Waals surface area (Å²) in [5, 5.41) is 0.169. The average Bonchev–Trinajstić information content (AvgIpc) is 1.98. The smallest absolute Gasteiger partial charge is 0.171 e. The third-order valence-corrected chi connectivity index (χ3v) is 9.59. The minimum Gasteiger partial charge on any atom is -0.418 e. The molecule has 14 heavy (non-hydrogen) atoms. The van der Waals surface area contributed by atoms with Gasteiger partial charge in [-0.3, -0.25) is 0 Å². The van der Waals surface area contributed by atoms with Gasteiger partial charge in [0.05, 0.1) is 8.07 Å². The molecule has 0 amide bonds. The molecule has 0 aromatic carbocycles. The zero-order valence-electron chi connectivity index (χ0n) is 11.1. The van der Waals surface area contributed by atoms with Gasteiger partial charge < -0.3 is 4.43 Å². The maximum atomic E-state index is 6.20. The van der Waals surface area contributed by atoms with E-state index < -0.39 is 17.1 Å². The maximum Gasteiger partial charge on any atom is 0.171 e. The SMILES string of the molecule is CCCC[Si](C)(C)C(C)(C)O[SiH](C)C. The lowest BCUT2D eigenvalue weighted by molar-refractivity contribution is 0.186. The predicted molar refractivity (Wildman–Crippen MR) is 71.2 cm³/mol. The van der Waals surface area contributed by atoms with E-state index in [1.807, 2.05) is 0 Å². The van der Waals surface area contributed by atoms with Crippen LogP contribution in [0.25, 0.3) is 0 Å². The van der Waals surface area contributed by atoms with E-state index in [1.165, 1.54) is 18.9 Å². The van der Waals surface area contributed by atoms with E-state index in [0.29, 0.717) is 0 Å². The molecule has 3 heteroatoms. The zero-order chi connectivity index (χ0) is 11.4. The summed E-state index contributed by atoms with van der Waals surface area (Å²) in [6, 6.07) is 1.40. The molecular formula is C11H28OSi2. The molecule has 0 rings (SSSR count). The predicted octanol–water partition coefficient (Wildman–Crippen LogP) is 3.81. The Balaban J connectivity index is 4.35. The summed E-state index contributed by atoms with van der Waals surface area (Å²) in [7, 11) is -2.10. The van der Waals surface area contributed by atoms with Crippen LogP contribution >= 0.6 is 0 Å². The molecule has 0 aromatic rings. The monoisotopic (exact) mass is 232 g/mol. The first kappa shape index (κ1) is 14.4. The Labute approximate surface area is 93.0 Å². The topological polar surface area (TPSA) is 9.23 Å². The molecular weight excluding hydrogens is 204 g/mol.